The van der Waals surface area contributed by atoms with Crippen molar-refractivity contribution in [3.8, 4) is 11.8 Å². The first-order valence-corrected chi connectivity index (χ1v) is 5.50. The molecule has 0 N–H and O–H groups in total. The number of hydrogen-bond donors (Lipinski definition) is 0. The van der Waals surface area contributed by atoms with E-state index in [1.807, 2.05) is 42.5 Å². The maximum absolute atomic E-state index is 9.19. The van der Waals surface area contributed by atoms with Crippen molar-refractivity contribution in [2.45, 2.75) is 0 Å². The molecular formula is C15H12N2O. The Hall–Kier alpha value is -2.60. The van der Waals surface area contributed by atoms with Gasteiger partial charge in [-0.15, -0.1) is 0 Å². The molecule has 2 rings (SSSR count). The van der Waals surface area contributed by atoms with E-state index in [0.29, 0.717) is 5.57 Å². The van der Waals surface area contributed by atoms with Crippen LogP contribution in [0.25, 0.3) is 11.6 Å². The average molecular weight is 236 g/mol. The fourth-order valence-electron chi connectivity index (χ4n) is 1.60. The van der Waals surface area contributed by atoms with Crippen molar-refractivity contribution in [3.05, 3.63) is 59.9 Å². The highest BCUT2D eigenvalue weighted by Crippen LogP contribution is 2.19. The zero-order valence-electron chi connectivity index (χ0n) is 10.00. The van der Waals surface area contributed by atoms with Crippen LogP contribution in [0.4, 0.5) is 0 Å². The summed E-state index contributed by atoms with van der Waals surface area (Å²) < 4.78 is 5.15. The standard InChI is InChI=1S/C15H12N2O/c1-18-15-6-2-4-12(9-15)8-14(10-16)13-5-3-7-17-11-13/h2-9,11H,1H3/b14-8+. The number of ether oxygens (including phenoxy) is 1. The van der Waals surface area contributed by atoms with Gasteiger partial charge in [0, 0.05) is 18.0 Å². The van der Waals surface area contributed by atoms with Gasteiger partial charge in [0.25, 0.3) is 0 Å². The molecule has 1 heterocycles. The molecule has 0 saturated carbocycles. The highest BCUT2D eigenvalue weighted by atomic mass is 16.5. The number of rotatable bonds is 3. The molecule has 0 amide bonds. The molecule has 0 saturated heterocycles. The van der Waals surface area contributed by atoms with Gasteiger partial charge in [0.15, 0.2) is 0 Å². The maximum Gasteiger partial charge on any atom is 0.119 e. The van der Waals surface area contributed by atoms with Gasteiger partial charge in [-0.2, -0.15) is 5.26 Å². The minimum Gasteiger partial charge on any atom is -0.497 e. The van der Waals surface area contributed by atoms with E-state index in [1.54, 1.807) is 19.5 Å². The SMILES string of the molecule is COc1cccc(/C=C(\C#N)c2cccnc2)c1. The largest absolute Gasteiger partial charge is 0.497 e. The van der Waals surface area contributed by atoms with Crippen LogP contribution in [0.15, 0.2) is 48.8 Å². The van der Waals surface area contributed by atoms with E-state index in [-0.39, 0.29) is 0 Å². The zero-order valence-corrected chi connectivity index (χ0v) is 10.00. The molecule has 88 valence electrons. The monoisotopic (exact) mass is 236 g/mol. The lowest BCUT2D eigenvalue weighted by atomic mass is 10.1. The van der Waals surface area contributed by atoms with E-state index >= 15 is 0 Å². The second kappa shape index (κ2) is 5.65. The molecule has 0 aliphatic carbocycles. The van der Waals surface area contributed by atoms with Gasteiger partial charge in [-0.05, 0) is 29.8 Å². The molecule has 1 aromatic carbocycles. The van der Waals surface area contributed by atoms with Crippen molar-refractivity contribution in [1.29, 1.82) is 5.26 Å². The summed E-state index contributed by atoms with van der Waals surface area (Å²) >= 11 is 0. The van der Waals surface area contributed by atoms with Crippen LogP contribution < -0.4 is 4.74 Å². The third kappa shape index (κ3) is 2.74. The predicted molar refractivity (Wildman–Crippen MR) is 70.7 cm³/mol. The minimum absolute atomic E-state index is 0.580. The minimum atomic E-state index is 0.580. The Morgan fingerprint density at radius 2 is 2.22 bits per heavy atom. The van der Waals surface area contributed by atoms with Crippen molar-refractivity contribution in [1.82, 2.24) is 4.98 Å². The Labute approximate surface area is 106 Å². The summed E-state index contributed by atoms with van der Waals surface area (Å²) in [7, 11) is 1.62. The highest BCUT2D eigenvalue weighted by molar-refractivity contribution is 5.89. The first-order valence-electron chi connectivity index (χ1n) is 5.50. The summed E-state index contributed by atoms with van der Waals surface area (Å²) in [6.07, 6.45) is 5.18. The molecule has 0 radical (unpaired) electrons. The third-order valence-corrected chi connectivity index (χ3v) is 2.50. The Balaban J connectivity index is 2.39. The van der Waals surface area contributed by atoms with Gasteiger partial charge >= 0.3 is 0 Å². The molecular weight excluding hydrogens is 224 g/mol. The number of benzene rings is 1. The molecule has 0 aliphatic heterocycles. The van der Waals surface area contributed by atoms with Crippen molar-refractivity contribution < 1.29 is 4.74 Å². The molecule has 18 heavy (non-hydrogen) atoms. The molecule has 0 spiro atoms. The molecule has 0 aliphatic rings. The van der Waals surface area contributed by atoms with Gasteiger partial charge in [-0.25, -0.2) is 0 Å². The topological polar surface area (TPSA) is 45.9 Å². The van der Waals surface area contributed by atoms with Gasteiger partial charge in [-0.3, -0.25) is 4.98 Å². The Kier molecular flexibility index (Phi) is 3.72. The van der Waals surface area contributed by atoms with Crippen LogP contribution in [0.2, 0.25) is 0 Å². The van der Waals surface area contributed by atoms with E-state index < -0.39 is 0 Å². The number of pyridine rings is 1. The summed E-state index contributed by atoms with van der Waals surface area (Å²) in [5.41, 5.74) is 2.31. The second-order valence-electron chi connectivity index (χ2n) is 3.69. The second-order valence-corrected chi connectivity index (χ2v) is 3.69. The quantitative estimate of drug-likeness (QED) is 0.769. The summed E-state index contributed by atoms with van der Waals surface area (Å²) in [5, 5.41) is 9.19. The highest BCUT2D eigenvalue weighted by Gasteiger charge is 2.01. The molecule has 0 unspecified atom stereocenters. The third-order valence-electron chi connectivity index (χ3n) is 2.50. The van der Waals surface area contributed by atoms with E-state index in [4.69, 9.17) is 4.74 Å². The average Bonchev–Trinajstić information content (AvgIpc) is 2.46. The molecule has 0 atom stereocenters. The van der Waals surface area contributed by atoms with Crippen LogP contribution in [-0.4, -0.2) is 12.1 Å². The zero-order chi connectivity index (χ0) is 12.8. The summed E-state index contributed by atoms with van der Waals surface area (Å²) in [4.78, 5) is 4.01. The molecule has 1 aromatic heterocycles. The van der Waals surface area contributed by atoms with Crippen molar-refractivity contribution in [3.63, 3.8) is 0 Å². The predicted octanol–water partition coefficient (Wildman–Crippen LogP) is 3.15. The molecule has 3 heteroatoms. The number of hydrogen-bond acceptors (Lipinski definition) is 3. The first kappa shape index (κ1) is 11.9. The van der Waals surface area contributed by atoms with E-state index in [9.17, 15) is 5.26 Å². The molecule has 3 nitrogen and oxygen atoms in total. The van der Waals surface area contributed by atoms with Gasteiger partial charge in [-0.1, -0.05) is 18.2 Å². The van der Waals surface area contributed by atoms with Crippen LogP contribution in [0.1, 0.15) is 11.1 Å². The van der Waals surface area contributed by atoms with Crippen LogP contribution in [0, 0.1) is 11.3 Å². The fourth-order valence-corrected chi connectivity index (χ4v) is 1.60. The van der Waals surface area contributed by atoms with E-state index in [0.717, 1.165) is 16.9 Å². The van der Waals surface area contributed by atoms with Gasteiger partial charge in [0.1, 0.15) is 5.75 Å². The van der Waals surface area contributed by atoms with Crippen molar-refractivity contribution in [2.24, 2.45) is 0 Å². The fraction of sp³-hybridized carbons (Fsp3) is 0.0667. The van der Waals surface area contributed by atoms with Crippen molar-refractivity contribution >= 4 is 11.6 Å². The first-order chi connectivity index (χ1) is 8.83. The summed E-state index contributed by atoms with van der Waals surface area (Å²) in [5.74, 6) is 0.771. The summed E-state index contributed by atoms with van der Waals surface area (Å²) in [6.45, 7) is 0. The molecule has 0 bridgehead atoms. The van der Waals surface area contributed by atoms with Gasteiger partial charge in [0.2, 0.25) is 0 Å². The van der Waals surface area contributed by atoms with E-state index in [2.05, 4.69) is 11.1 Å². The molecule has 0 fully saturated rings. The van der Waals surface area contributed by atoms with Crippen LogP contribution in [0.5, 0.6) is 5.75 Å². The smallest absolute Gasteiger partial charge is 0.119 e. The Morgan fingerprint density at radius 1 is 1.33 bits per heavy atom. The van der Waals surface area contributed by atoms with Crippen LogP contribution in [0.3, 0.4) is 0 Å². The summed E-state index contributed by atoms with van der Waals surface area (Å²) in [6, 6.07) is 13.4. The Bertz CT molecular complexity index is 597. The van der Waals surface area contributed by atoms with Crippen LogP contribution >= 0.6 is 0 Å². The van der Waals surface area contributed by atoms with Crippen molar-refractivity contribution in [2.75, 3.05) is 7.11 Å². The lowest BCUT2D eigenvalue weighted by Gasteiger charge is -2.02. The van der Waals surface area contributed by atoms with Gasteiger partial charge in [0.05, 0.1) is 18.8 Å². The van der Waals surface area contributed by atoms with E-state index in [1.165, 1.54) is 0 Å². The number of nitrogens with zero attached hydrogens (tertiary/aromatic N) is 2. The number of methoxy groups -OCH3 is 1. The maximum atomic E-state index is 9.19. The lowest BCUT2D eigenvalue weighted by Crippen LogP contribution is -1.85. The number of allylic oxidation sites excluding steroid dienone is 1. The lowest BCUT2D eigenvalue weighted by molar-refractivity contribution is 0.414. The number of aromatic nitrogens is 1. The van der Waals surface area contributed by atoms with Gasteiger partial charge < -0.3 is 4.74 Å². The normalized spacial score (nSPS) is 10.8. The van der Waals surface area contributed by atoms with Crippen LogP contribution in [-0.2, 0) is 0 Å². The number of nitriles is 1. The Morgan fingerprint density at radius 3 is 2.89 bits per heavy atom. The molecule has 2 aromatic rings.